The van der Waals surface area contributed by atoms with E-state index in [4.69, 9.17) is 11.5 Å². The van der Waals surface area contributed by atoms with Crippen molar-refractivity contribution in [3.05, 3.63) is 28.2 Å². The number of hydrogen-bond donors (Lipinski definition) is 3. The molecule has 18 heavy (non-hydrogen) atoms. The van der Waals surface area contributed by atoms with Crippen LogP contribution in [0.2, 0.25) is 0 Å². The molecule has 0 saturated heterocycles. The van der Waals surface area contributed by atoms with Crippen molar-refractivity contribution in [1.82, 2.24) is 0 Å². The van der Waals surface area contributed by atoms with E-state index in [0.29, 0.717) is 5.69 Å². The van der Waals surface area contributed by atoms with Gasteiger partial charge in [0.2, 0.25) is 11.8 Å². The Kier molecular flexibility index (Phi) is 6.90. The van der Waals surface area contributed by atoms with Gasteiger partial charge in [-0.3, -0.25) is 9.59 Å². The first-order valence-corrected chi connectivity index (χ1v) is 5.80. The first-order chi connectivity index (χ1) is 7.90. The lowest BCUT2D eigenvalue weighted by atomic mass is 10.1. The third-order valence-electron chi connectivity index (χ3n) is 2.20. The van der Waals surface area contributed by atoms with Crippen molar-refractivity contribution >= 4 is 45.8 Å². The van der Waals surface area contributed by atoms with E-state index in [0.717, 1.165) is 10.0 Å². The van der Waals surface area contributed by atoms with E-state index in [1.165, 1.54) is 0 Å². The average Bonchev–Trinajstić information content (AvgIpc) is 2.21. The zero-order valence-corrected chi connectivity index (χ0v) is 12.2. The second-order valence-corrected chi connectivity index (χ2v) is 4.64. The molecule has 100 valence electrons. The Labute approximate surface area is 120 Å². The van der Waals surface area contributed by atoms with E-state index in [-0.39, 0.29) is 18.8 Å². The molecular weight excluding hydrogens is 321 g/mol. The zero-order chi connectivity index (χ0) is 13.0. The Morgan fingerprint density at radius 3 is 2.56 bits per heavy atom. The van der Waals surface area contributed by atoms with Gasteiger partial charge in [0.25, 0.3) is 0 Å². The Hall–Kier alpha value is -1.11. The molecule has 0 saturated carbocycles. The van der Waals surface area contributed by atoms with Gasteiger partial charge in [-0.2, -0.15) is 0 Å². The van der Waals surface area contributed by atoms with Crippen LogP contribution in [0.5, 0.6) is 0 Å². The van der Waals surface area contributed by atoms with Crippen LogP contribution >= 0.6 is 28.3 Å². The maximum atomic E-state index is 11.6. The minimum atomic E-state index is -0.921. The van der Waals surface area contributed by atoms with Gasteiger partial charge in [0.05, 0.1) is 12.5 Å². The van der Waals surface area contributed by atoms with Gasteiger partial charge in [-0.15, -0.1) is 12.4 Å². The average molecular weight is 337 g/mol. The van der Waals surface area contributed by atoms with Gasteiger partial charge in [-0.05, 0) is 30.7 Å². The van der Waals surface area contributed by atoms with Crippen LogP contribution < -0.4 is 16.8 Å². The fraction of sp³-hybridized carbons (Fsp3) is 0.273. The first kappa shape index (κ1) is 16.9. The number of carbonyl (C=O) groups is 2. The highest BCUT2D eigenvalue weighted by molar-refractivity contribution is 9.10. The van der Waals surface area contributed by atoms with Gasteiger partial charge in [0, 0.05) is 10.2 Å². The molecule has 0 heterocycles. The van der Waals surface area contributed by atoms with E-state index in [1.807, 2.05) is 19.1 Å². The fourth-order valence-corrected chi connectivity index (χ4v) is 1.78. The predicted octanol–water partition coefficient (Wildman–Crippen LogP) is 1.32. The standard InChI is InChI=1S/C11H14BrN3O2.ClH/c1-6-4-7(12)2-3-9(6)15-11(17)8(13)5-10(14)16;/h2-4,8H,5,13H2,1H3,(H2,14,16)(H,15,17);1H. The Bertz CT molecular complexity index is 454. The zero-order valence-electron chi connectivity index (χ0n) is 9.77. The summed E-state index contributed by atoms with van der Waals surface area (Å²) in [7, 11) is 0. The molecule has 0 aliphatic carbocycles. The molecular formula is C11H15BrClN3O2. The molecule has 5 nitrogen and oxygen atoms in total. The summed E-state index contributed by atoms with van der Waals surface area (Å²) in [6.07, 6.45) is -0.165. The summed E-state index contributed by atoms with van der Waals surface area (Å²) in [4.78, 5) is 22.3. The molecule has 0 bridgehead atoms. The lowest BCUT2D eigenvalue weighted by molar-refractivity contribution is -0.123. The second-order valence-electron chi connectivity index (χ2n) is 3.73. The van der Waals surface area contributed by atoms with Gasteiger partial charge in [-0.1, -0.05) is 15.9 Å². The van der Waals surface area contributed by atoms with Gasteiger partial charge in [0.15, 0.2) is 0 Å². The number of carbonyl (C=O) groups excluding carboxylic acids is 2. The molecule has 1 rings (SSSR count). The number of halogens is 2. The maximum absolute atomic E-state index is 11.6. The summed E-state index contributed by atoms with van der Waals surface area (Å²) in [5.41, 5.74) is 12.1. The van der Waals surface area contributed by atoms with Crippen LogP contribution in [0.15, 0.2) is 22.7 Å². The summed E-state index contributed by atoms with van der Waals surface area (Å²) in [5, 5.41) is 2.65. The number of nitrogens with two attached hydrogens (primary N) is 2. The number of aryl methyl sites for hydroxylation is 1. The van der Waals surface area contributed by atoms with E-state index < -0.39 is 17.9 Å². The molecule has 0 radical (unpaired) electrons. The van der Waals surface area contributed by atoms with E-state index in [2.05, 4.69) is 21.2 Å². The summed E-state index contributed by atoms with van der Waals surface area (Å²) in [5.74, 6) is -1.02. The predicted molar refractivity (Wildman–Crippen MR) is 76.5 cm³/mol. The molecule has 0 aliphatic heterocycles. The molecule has 5 N–H and O–H groups in total. The Balaban J connectivity index is 0.00000289. The van der Waals surface area contributed by atoms with Crippen LogP contribution in [0, 0.1) is 6.92 Å². The molecule has 0 spiro atoms. The largest absolute Gasteiger partial charge is 0.370 e. The summed E-state index contributed by atoms with van der Waals surface area (Å²) < 4.78 is 0.925. The van der Waals surface area contributed by atoms with Gasteiger partial charge >= 0.3 is 0 Å². The Morgan fingerprint density at radius 1 is 1.44 bits per heavy atom. The van der Waals surface area contributed by atoms with E-state index in [9.17, 15) is 9.59 Å². The summed E-state index contributed by atoms with van der Waals surface area (Å²) >= 11 is 3.33. The number of rotatable bonds is 4. The minimum Gasteiger partial charge on any atom is -0.370 e. The highest BCUT2D eigenvalue weighted by atomic mass is 79.9. The fourth-order valence-electron chi connectivity index (χ4n) is 1.30. The van der Waals surface area contributed by atoms with Gasteiger partial charge in [0.1, 0.15) is 0 Å². The van der Waals surface area contributed by atoms with Crippen LogP contribution in [0.25, 0.3) is 0 Å². The number of benzene rings is 1. The summed E-state index contributed by atoms with van der Waals surface area (Å²) in [6, 6.07) is 4.52. The molecule has 0 fully saturated rings. The van der Waals surface area contributed by atoms with Crippen LogP contribution in [-0.2, 0) is 9.59 Å². The molecule has 7 heteroatoms. The topological polar surface area (TPSA) is 98.2 Å². The van der Waals surface area contributed by atoms with Crippen molar-refractivity contribution in [2.75, 3.05) is 5.32 Å². The van der Waals surface area contributed by atoms with Crippen LogP contribution in [0.4, 0.5) is 5.69 Å². The monoisotopic (exact) mass is 335 g/mol. The van der Waals surface area contributed by atoms with Crippen molar-refractivity contribution < 1.29 is 9.59 Å². The molecule has 1 atom stereocenters. The normalized spacial score (nSPS) is 11.3. The van der Waals surface area contributed by atoms with Gasteiger partial charge in [-0.25, -0.2) is 0 Å². The highest BCUT2D eigenvalue weighted by Crippen LogP contribution is 2.20. The van der Waals surface area contributed by atoms with E-state index in [1.54, 1.807) is 6.07 Å². The molecule has 1 aromatic rings. The molecule has 0 aliphatic rings. The van der Waals surface area contributed by atoms with Crippen LogP contribution in [0.3, 0.4) is 0 Å². The van der Waals surface area contributed by atoms with Crippen molar-refractivity contribution in [1.29, 1.82) is 0 Å². The lowest BCUT2D eigenvalue weighted by Gasteiger charge is -2.12. The number of amides is 2. The van der Waals surface area contributed by atoms with Crippen LogP contribution in [-0.4, -0.2) is 17.9 Å². The number of nitrogens with one attached hydrogen (secondary N) is 1. The molecule has 0 aromatic heterocycles. The smallest absolute Gasteiger partial charge is 0.241 e. The van der Waals surface area contributed by atoms with Gasteiger partial charge < -0.3 is 16.8 Å². The second kappa shape index (κ2) is 7.35. The number of primary amides is 1. The number of hydrogen-bond acceptors (Lipinski definition) is 3. The van der Waals surface area contributed by atoms with E-state index >= 15 is 0 Å². The molecule has 1 aromatic carbocycles. The van der Waals surface area contributed by atoms with Crippen molar-refractivity contribution in [3.63, 3.8) is 0 Å². The van der Waals surface area contributed by atoms with Crippen molar-refractivity contribution in [2.45, 2.75) is 19.4 Å². The minimum absolute atomic E-state index is 0. The molecule has 1 unspecified atom stereocenters. The lowest BCUT2D eigenvalue weighted by Crippen LogP contribution is -2.39. The SMILES string of the molecule is Cc1cc(Br)ccc1NC(=O)C(N)CC(N)=O.Cl. The highest BCUT2D eigenvalue weighted by Gasteiger charge is 2.16. The third-order valence-corrected chi connectivity index (χ3v) is 2.70. The Morgan fingerprint density at radius 2 is 2.06 bits per heavy atom. The number of anilines is 1. The summed E-state index contributed by atoms with van der Waals surface area (Å²) in [6.45, 7) is 1.86. The van der Waals surface area contributed by atoms with Crippen molar-refractivity contribution in [2.24, 2.45) is 11.5 Å². The first-order valence-electron chi connectivity index (χ1n) is 5.01. The maximum Gasteiger partial charge on any atom is 0.241 e. The quantitative estimate of drug-likeness (QED) is 0.773. The molecule has 2 amide bonds. The van der Waals surface area contributed by atoms with Crippen molar-refractivity contribution in [3.8, 4) is 0 Å². The van der Waals surface area contributed by atoms with Crippen LogP contribution in [0.1, 0.15) is 12.0 Å². The third kappa shape index (κ3) is 5.03.